The first-order valence-electron chi connectivity index (χ1n) is 10.7. The van der Waals surface area contributed by atoms with Crippen molar-refractivity contribution >= 4 is 22.8 Å². The van der Waals surface area contributed by atoms with E-state index in [2.05, 4.69) is 16.2 Å². The second kappa shape index (κ2) is 8.57. The van der Waals surface area contributed by atoms with Gasteiger partial charge < -0.3 is 0 Å². The Morgan fingerprint density at radius 2 is 1.74 bits per heavy atom. The number of thioether (sulfide) groups is 1. The van der Waals surface area contributed by atoms with Gasteiger partial charge in [0.15, 0.2) is 5.65 Å². The molecule has 0 unspecified atom stereocenters. The number of aryl methyl sites for hydroxylation is 2. The number of aromatic nitrogens is 6. The zero-order valence-corrected chi connectivity index (χ0v) is 20.8. The summed E-state index contributed by atoms with van der Waals surface area (Å²) < 4.78 is 4.19. The molecular weight excluding hydrogens is 450 g/mol. The molecule has 0 N–H and O–H groups in total. The Labute approximate surface area is 200 Å². The highest BCUT2D eigenvalue weighted by atomic mass is 32.2. The molecule has 0 aliphatic heterocycles. The van der Waals surface area contributed by atoms with Crippen molar-refractivity contribution in [2.45, 2.75) is 43.9 Å². The quantitative estimate of drug-likeness (QED) is 0.329. The number of rotatable bonds is 4. The lowest BCUT2D eigenvalue weighted by atomic mass is 9.96. The number of benzene rings is 1. The summed E-state index contributed by atoms with van der Waals surface area (Å²) in [6, 6.07) is 11.8. The summed E-state index contributed by atoms with van der Waals surface area (Å²) in [6.45, 7) is 7.73. The summed E-state index contributed by atoms with van der Waals surface area (Å²) in [5, 5.41) is 15.1. The lowest BCUT2D eigenvalue weighted by molar-refractivity contribution is 0.539. The molecule has 34 heavy (non-hydrogen) atoms. The van der Waals surface area contributed by atoms with Gasteiger partial charge >= 0.3 is 5.69 Å². The Balaban J connectivity index is 1.91. The van der Waals surface area contributed by atoms with Crippen molar-refractivity contribution in [3.63, 3.8) is 0 Å². The minimum atomic E-state index is -0.450. The molecule has 9 nitrogen and oxygen atoms in total. The van der Waals surface area contributed by atoms with E-state index in [4.69, 9.17) is 4.98 Å². The van der Waals surface area contributed by atoms with Crippen LogP contribution in [-0.2, 0) is 25.3 Å². The highest BCUT2D eigenvalue weighted by Crippen LogP contribution is 2.31. The molecule has 4 rings (SSSR count). The van der Waals surface area contributed by atoms with Crippen molar-refractivity contribution in [3.05, 3.63) is 73.9 Å². The summed E-state index contributed by atoms with van der Waals surface area (Å²) in [5.41, 5.74) is 1.66. The van der Waals surface area contributed by atoms with Crippen LogP contribution >= 0.6 is 11.8 Å². The van der Waals surface area contributed by atoms with Crippen LogP contribution in [0.3, 0.4) is 0 Å². The topological polar surface area (TPSA) is 111 Å². The smallest absolute Gasteiger partial charge is 0.280 e. The first-order chi connectivity index (χ1) is 16.0. The molecule has 0 amide bonds. The van der Waals surface area contributed by atoms with Gasteiger partial charge in [0.2, 0.25) is 0 Å². The van der Waals surface area contributed by atoms with Crippen LogP contribution in [0.2, 0.25) is 0 Å². The molecule has 0 saturated carbocycles. The highest BCUT2D eigenvalue weighted by Gasteiger charge is 2.25. The van der Waals surface area contributed by atoms with Crippen LogP contribution in [0.25, 0.3) is 16.7 Å². The molecule has 0 fully saturated rings. The first kappa shape index (κ1) is 23.4. The average Bonchev–Trinajstić information content (AvgIpc) is 3.14. The number of para-hydroxylation sites is 1. The van der Waals surface area contributed by atoms with Crippen molar-refractivity contribution < 1.29 is 0 Å². The number of nitriles is 1. The van der Waals surface area contributed by atoms with Gasteiger partial charge in [-0.1, -0.05) is 50.7 Å². The average molecular weight is 476 g/mol. The fourth-order valence-electron chi connectivity index (χ4n) is 3.64. The molecule has 0 saturated heterocycles. The van der Waals surface area contributed by atoms with Crippen molar-refractivity contribution in [3.8, 4) is 11.8 Å². The largest absolute Gasteiger partial charge is 0.332 e. The van der Waals surface area contributed by atoms with Gasteiger partial charge in [0.1, 0.15) is 22.3 Å². The molecule has 1 aromatic carbocycles. The molecule has 0 atom stereocenters. The SMILES string of the molecule is Cc1nn(-c2ccccc2)c(CSc2nc(C(C)(C)C)nc3c2c(=O)n(C)c(=O)n3C)c1C#N. The first-order valence-corrected chi connectivity index (χ1v) is 11.7. The lowest BCUT2D eigenvalue weighted by Gasteiger charge is -2.19. The van der Waals surface area contributed by atoms with E-state index in [1.54, 1.807) is 18.7 Å². The minimum absolute atomic E-state index is 0.281. The Morgan fingerprint density at radius 1 is 1.06 bits per heavy atom. The molecule has 0 bridgehead atoms. The fraction of sp³-hybridized carbons (Fsp3) is 0.333. The van der Waals surface area contributed by atoms with Crippen LogP contribution in [0, 0.1) is 18.3 Å². The molecule has 3 heterocycles. The van der Waals surface area contributed by atoms with Crippen molar-refractivity contribution in [2.75, 3.05) is 0 Å². The van der Waals surface area contributed by atoms with Gasteiger partial charge in [-0.25, -0.2) is 19.4 Å². The molecule has 10 heteroatoms. The maximum absolute atomic E-state index is 13.1. The predicted octanol–water partition coefficient (Wildman–Crippen LogP) is 2.98. The molecule has 0 aliphatic rings. The van der Waals surface area contributed by atoms with Crippen LogP contribution in [0.15, 0.2) is 44.9 Å². The number of hydrogen-bond acceptors (Lipinski definition) is 7. The van der Waals surface area contributed by atoms with Gasteiger partial charge in [0.25, 0.3) is 5.56 Å². The molecule has 0 radical (unpaired) electrons. The zero-order chi connectivity index (χ0) is 24.8. The summed E-state index contributed by atoms with van der Waals surface area (Å²) in [7, 11) is 3.04. The number of hydrogen-bond donors (Lipinski definition) is 0. The van der Waals surface area contributed by atoms with Crippen molar-refractivity contribution in [2.24, 2.45) is 14.1 Å². The van der Waals surface area contributed by atoms with E-state index in [0.717, 1.165) is 10.3 Å². The number of nitrogens with zero attached hydrogens (tertiary/aromatic N) is 7. The van der Waals surface area contributed by atoms with Gasteiger partial charge in [-0.2, -0.15) is 10.4 Å². The predicted molar refractivity (Wildman–Crippen MR) is 131 cm³/mol. The maximum Gasteiger partial charge on any atom is 0.332 e. The third kappa shape index (κ3) is 3.92. The monoisotopic (exact) mass is 475 g/mol. The Kier molecular flexibility index (Phi) is 5.91. The van der Waals surface area contributed by atoms with Crippen LogP contribution in [0.5, 0.6) is 0 Å². The normalized spacial score (nSPS) is 11.7. The van der Waals surface area contributed by atoms with E-state index in [1.807, 2.05) is 51.1 Å². The Hall–Kier alpha value is -3.71. The van der Waals surface area contributed by atoms with E-state index in [0.29, 0.717) is 39.2 Å². The van der Waals surface area contributed by atoms with Gasteiger partial charge in [0.05, 0.1) is 22.6 Å². The van der Waals surface area contributed by atoms with Crippen LogP contribution in [-0.4, -0.2) is 28.9 Å². The maximum atomic E-state index is 13.1. The molecular formula is C24H25N7O2S. The van der Waals surface area contributed by atoms with Gasteiger partial charge in [-0.3, -0.25) is 13.9 Å². The third-order valence-corrected chi connectivity index (χ3v) is 6.54. The second-order valence-corrected chi connectivity index (χ2v) is 10.0. The van der Waals surface area contributed by atoms with Crippen LogP contribution in [0.4, 0.5) is 0 Å². The molecule has 3 aromatic heterocycles. The zero-order valence-electron chi connectivity index (χ0n) is 19.9. The Morgan fingerprint density at radius 3 is 2.35 bits per heavy atom. The Bertz CT molecular complexity index is 1570. The van der Waals surface area contributed by atoms with E-state index >= 15 is 0 Å². The lowest BCUT2D eigenvalue weighted by Crippen LogP contribution is -2.38. The van der Waals surface area contributed by atoms with E-state index in [9.17, 15) is 14.9 Å². The summed E-state index contributed by atoms with van der Waals surface area (Å²) >= 11 is 1.33. The summed E-state index contributed by atoms with van der Waals surface area (Å²) in [4.78, 5) is 35.0. The third-order valence-electron chi connectivity index (χ3n) is 5.55. The molecule has 0 aliphatic carbocycles. The standard InChI is InChI=1S/C24H25N7O2S/c1-14-16(12-25)17(31(28-14)15-10-8-7-9-11-15)13-34-20-18-19(26-22(27-20)24(2,3)4)29(5)23(33)30(6)21(18)32/h7-11H,13H2,1-6H3. The molecule has 0 spiro atoms. The molecule has 4 aromatic rings. The van der Waals surface area contributed by atoms with Crippen molar-refractivity contribution in [1.29, 1.82) is 5.26 Å². The second-order valence-electron chi connectivity index (χ2n) is 9.06. The van der Waals surface area contributed by atoms with Crippen LogP contribution in [0.1, 0.15) is 43.5 Å². The summed E-state index contributed by atoms with van der Waals surface area (Å²) in [5.74, 6) is 0.874. The van der Waals surface area contributed by atoms with Crippen LogP contribution < -0.4 is 11.2 Å². The molecule has 174 valence electrons. The highest BCUT2D eigenvalue weighted by molar-refractivity contribution is 7.98. The van der Waals surface area contributed by atoms with Gasteiger partial charge in [0, 0.05) is 25.3 Å². The van der Waals surface area contributed by atoms with E-state index in [1.165, 1.54) is 23.4 Å². The van der Waals surface area contributed by atoms with Gasteiger partial charge in [-0.15, -0.1) is 0 Å². The number of fused-ring (bicyclic) bond motifs is 1. The summed E-state index contributed by atoms with van der Waals surface area (Å²) in [6.07, 6.45) is 0. The fourth-order valence-corrected chi connectivity index (χ4v) is 4.66. The van der Waals surface area contributed by atoms with Crippen molar-refractivity contribution in [1.82, 2.24) is 28.9 Å². The minimum Gasteiger partial charge on any atom is -0.280 e. The van der Waals surface area contributed by atoms with Gasteiger partial charge in [-0.05, 0) is 19.1 Å². The van der Waals surface area contributed by atoms with E-state index in [-0.39, 0.29) is 5.39 Å². The van der Waals surface area contributed by atoms with E-state index < -0.39 is 16.7 Å².